The minimum absolute atomic E-state index is 0.152. The number of hydrogen-bond donors (Lipinski definition) is 0. The number of benzene rings is 3. The molecule has 7 nitrogen and oxygen atoms in total. The topological polar surface area (TPSA) is 105 Å². The van der Waals surface area contributed by atoms with Crippen LogP contribution < -0.4 is 5.11 Å². The van der Waals surface area contributed by atoms with Gasteiger partial charge in [0, 0.05) is 24.8 Å². The molecule has 0 bridgehead atoms. The summed E-state index contributed by atoms with van der Waals surface area (Å²) in [5, 5.41) is 22.7. The monoisotopic (exact) mass is 372 g/mol. The van der Waals surface area contributed by atoms with E-state index in [1.807, 2.05) is 30.3 Å². The standard InChI is InChI=1S/C21H15N3O4/c25-19-8-7-17(24(26)27)11-15(19)13-22-16-6-9-20-18(12-16)23-21(28-20)10-14-4-2-1-3-5-14/h1-9,11-13,25H,10H2/p-1. The van der Waals surface area contributed by atoms with Crippen LogP contribution in [0.3, 0.4) is 0 Å². The Morgan fingerprint density at radius 1 is 1.07 bits per heavy atom. The second kappa shape index (κ2) is 7.32. The van der Waals surface area contributed by atoms with Crippen LogP contribution in [0.4, 0.5) is 11.4 Å². The largest absolute Gasteiger partial charge is 0.872 e. The summed E-state index contributed by atoms with van der Waals surface area (Å²) in [5.41, 5.74) is 2.96. The Kier molecular flexibility index (Phi) is 4.55. The summed E-state index contributed by atoms with van der Waals surface area (Å²) in [4.78, 5) is 19.0. The number of fused-ring (bicyclic) bond motifs is 1. The number of nitro groups is 1. The zero-order valence-electron chi connectivity index (χ0n) is 14.6. The van der Waals surface area contributed by atoms with Crippen molar-refractivity contribution in [1.29, 1.82) is 0 Å². The minimum Gasteiger partial charge on any atom is -0.872 e. The molecule has 7 heteroatoms. The highest BCUT2D eigenvalue weighted by Crippen LogP contribution is 2.24. The number of oxazole rings is 1. The Morgan fingerprint density at radius 3 is 2.68 bits per heavy atom. The molecule has 0 fully saturated rings. The van der Waals surface area contributed by atoms with Crippen molar-refractivity contribution < 1.29 is 14.4 Å². The first-order chi connectivity index (χ1) is 13.6. The van der Waals surface area contributed by atoms with Gasteiger partial charge in [0.2, 0.25) is 0 Å². The molecule has 0 N–H and O–H groups in total. The average Bonchev–Trinajstić information content (AvgIpc) is 3.09. The van der Waals surface area contributed by atoms with Crippen molar-refractivity contribution in [3.05, 3.63) is 93.9 Å². The predicted molar refractivity (Wildman–Crippen MR) is 103 cm³/mol. The molecule has 0 saturated heterocycles. The van der Waals surface area contributed by atoms with E-state index in [4.69, 9.17) is 4.42 Å². The number of non-ortho nitro benzene ring substituents is 1. The van der Waals surface area contributed by atoms with E-state index < -0.39 is 4.92 Å². The van der Waals surface area contributed by atoms with Crippen LogP contribution in [0.1, 0.15) is 17.0 Å². The first kappa shape index (κ1) is 17.4. The maximum Gasteiger partial charge on any atom is 0.270 e. The molecule has 0 spiro atoms. The Hall–Kier alpha value is -4.00. The van der Waals surface area contributed by atoms with E-state index in [2.05, 4.69) is 9.98 Å². The van der Waals surface area contributed by atoms with E-state index in [1.165, 1.54) is 18.3 Å². The SMILES string of the molecule is O=[N+]([O-])c1ccc([O-])c(C=Nc2ccc3oc(Cc4ccccc4)nc3c2)c1. The fourth-order valence-corrected chi connectivity index (χ4v) is 2.78. The summed E-state index contributed by atoms with van der Waals surface area (Å²) in [7, 11) is 0. The van der Waals surface area contributed by atoms with Crippen LogP contribution >= 0.6 is 0 Å². The lowest BCUT2D eigenvalue weighted by molar-refractivity contribution is -0.385. The van der Waals surface area contributed by atoms with Crippen LogP contribution in [0.5, 0.6) is 5.75 Å². The zero-order valence-corrected chi connectivity index (χ0v) is 14.6. The molecular weight excluding hydrogens is 358 g/mol. The van der Waals surface area contributed by atoms with Gasteiger partial charge in [0.15, 0.2) is 11.5 Å². The molecule has 1 aromatic heterocycles. The van der Waals surface area contributed by atoms with Gasteiger partial charge < -0.3 is 9.52 Å². The normalized spacial score (nSPS) is 11.3. The van der Waals surface area contributed by atoms with Crippen molar-refractivity contribution in [1.82, 2.24) is 4.98 Å². The van der Waals surface area contributed by atoms with Gasteiger partial charge in [-0.25, -0.2) is 4.98 Å². The number of aliphatic imine (C=N–C) groups is 1. The zero-order chi connectivity index (χ0) is 19.5. The number of rotatable bonds is 5. The molecular formula is C21H14N3O4-. The van der Waals surface area contributed by atoms with Gasteiger partial charge in [0.1, 0.15) is 5.52 Å². The molecule has 4 rings (SSSR count). The lowest BCUT2D eigenvalue weighted by Gasteiger charge is -2.08. The molecule has 28 heavy (non-hydrogen) atoms. The molecule has 138 valence electrons. The predicted octanol–water partition coefficient (Wildman–Crippen LogP) is 4.15. The van der Waals surface area contributed by atoms with Crippen LogP contribution in [-0.4, -0.2) is 16.1 Å². The second-order valence-corrected chi connectivity index (χ2v) is 6.16. The summed E-state index contributed by atoms with van der Waals surface area (Å²) < 4.78 is 5.76. The Balaban J connectivity index is 1.59. The van der Waals surface area contributed by atoms with Gasteiger partial charge in [-0.3, -0.25) is 15.1 Å². The average molecular weight is 372 g/mol. The van der Waals surface area contributed by atoms with E-state index in [0.717, 1.165) is 11.6 Å². The molecule has 1 heterocycles. The van der Waals surface area contributed by atoms with E-state index in [0.29, 0.717) is 29.1 Å². The lowest BCUT2D eigenvalue weighted by atomic mass is 10.1. The highest BCUT2D eigenvalue weighted by atomic mass is 16.6. The number of aromatic nitrogens is 1. The Bertz CT molecular complexity index is 1180. The van der Waals surface area contributed by atoms with Gasteiger partial charge in [-0.1, -0.05) is 42.1 Å². The van der Waals surface area contributed by atoms with Crippen molar-refractivity contribution in [2.45, 2.75) is 6.42 Å². The van der Waals surface area contributed by atoms with Gasteiger partial charge in [-0.05, 0) is 29.3 Å². The van der Waals surface area contributed by atoms with Gasteiger partial charge in [-0.15, -0.1) is 0 Å². The first-order valence-corrected chi connectivity index (χ1v) is 8.51. The van der Waals surface area contributed by atoms with E-state index >= 15 is 0 Å². The third-order valence-electron chi connectivity index (χ3n) is 4.17. The molecule has 0 saturated carbocycles. The summed E-state index contributed by atoms with van der Waals surface area (Å²) in [6, 6.07) is 18.7. The summed E-state index contributed by atoms with van der Waals surface area (Å²) >= 11 is 0. The fraction of sp³-hybridized carbons (Fsp3) is 0.0476. The van der Waals surface area contributed by atoms with Crippen LogP contribution in [0.2, 0.25) is 0 Å². The molecule has 0 atom stereocenters. The van der Waals surface area contributed by atoms with Gasteiger partial charge in [0.05, 0.1) is 10.6 Å². The van der Waals surface area contributed by atoms with Crippen LogP contribution in [0.25, 0.3) is 11.1 Å². The minimum atomic E-state index is -0.549. The van der Waals surface area contributed by atoms with E-state index in [1.54, 1.807) is 18.2 Å². The smallest absolute Gasteiger partial charge is 0.270 e. The lowest BCUT2D eigenvalue weighted by Crippen LogP contribution is -1.98. The van der Waals surface area contributed by atoms with Crippen molar-refractivity contribution in [2.75, 3.05) is 0 Å². The molecule has 0 unspecified atom stereocenters. The molecule has 3 aromatic carbocycles. The van der Waals surface area contributed by atoms with Gasteiger partial charge in [0.25, 0.3) is 5.69 Å². The fourth-order valence-electron chi connectivity index (χ4n) is 2.78. The Morgan fingerprint density at radius 2 is 1.89 bits per heavy atom. The van der Waals surface area contributed by atoms with Crippen molar-refractivity contribution in [2.24, 2.45) is 4.99 Å². The third kappa shape index (κ3) is 3.73. The highest BCUT2D eigenvalue weighted by molar-refractivity contribution is 5.87. The summed E-state index contributed by atoms with van der Waals surface area (Å²) in [6.45, 7) is 0. The van der Waals surface area contributed by atoms with Gasteiger partial charge in [-0.2, -0.15) is 0 Å². The first-order valence-electron chi connectivity index (χ1n) is 8.51. The van der Waals surface area contributed by atoms with Crippen LogP contribution in [-0.2, 0) is 6.42 Å². The quantitative estimate of drug-likeness (QED) is 0.297. The van der Waals surface area contributed by atoms with Crippen LogP contribution in [0.15, 0.2) is 76.1 Å². The maximum atomic E-state index is 11.9. The van der Waals surface area contributed by atoms with Crippen LogP contribution in [0, 0.1) is 10.1 Å². The van der Waals surface area contributed by atoms with E-state index in [-0.39, 0.29) is 17.0 Å². The number of nitrogens with zero attached hydrogens (tertiary/aromatic N) is 3. The van der Waals surface area contributed by atoms with Gasteiger partial charge >= 0.3 is 0 Å². The Labute approximate surface area is 159 Å². The van der Waals surface area contributed by atoms with Crippen molar-refractivity contribution in [3.8, 4) is 5.75 Å². The van der Waals surface area contributed by atoms with Crippen molar-refractivity contribution >= 4 is 28.7 Å². The van der Waals surface area contributed by atoms with Crippen molar-refractivity contribution in [3.63, 3.8) is 0 Å². The molecule has 0 aliphatic heterocycles. The molecule has 0 amide bonds. The third-order valence-corrected chi connectivity index (χ3v) is 4.17. The second-order valence-electron chi connectivity index (χ2n) is 6.16. The maximum absolute atomic E-state index is 11.9. The molecule has 0 radical (unpaired) electrons. The van der Waals surface area contributed by atoms with E-state index in [9.17, 15) is 15.2 Å². The number of hydrogen-bond acceptors (Lipinski definition) is 6. The summed E-state index contributed by atoms with van der Waals surface area (Å²) in [5.74, 6) is 0.268. The highest BCUT2D eigenvalue weighted by Gasteiger charge is 2.08. The molecule has 4 aromatic rings. The molecule has 0 aliphatic rings. The molecule has 0 aliphatic carbocycles. The number of nitro benzene ring substituents is 1. The summed E-state index contributed by atoms with van der Waals surface area (Å²) in [6.07, 6.45) is 1.91.